The lowest BCUT2D eigenvalue weighted by atomic mass is 9.93. The Labute approximate surface area is 106 Å². The zero-order chi connectivity index (χ0) is 13.6. The standard InChI is InChI=1S/C12H6F2N2O3/c13-12(14)18-9-3-1-2-6(10(9)19-12)8-5-16-11(17)7(8)4-15/h1-3,5,8,17H. The second kappa shape index (κ2) is 3.68. The fourth-order valence-corrected chi connectivity index (χ4v) is 2.02. The highest BCUT2D eigenvalue weighted by Gasteiger charge is 2.45. The number of hydrogen-bond acceptors (Lipinski definition) is 5. The highest BCUT2D eigenvalue weighted by Crippen LogP contribution is 2.47. The predicted molar refractivity (Wildman–Crippen MR) is 59.1 cm³/mol. The van der Waals surface area contributed by atoms with E-state index < -0.39 is 18.1 Å². The van der Waals surface area contributed by atoms with Crippen LogP contribution in [0.25, 0.3) is 0 Å². The van der Waals surface area contributed by atoms with Crippen molar-refractivity contribution in [2.75, 3.05) is 0 Å². The molecule has 0 spiro atoms. The number of halogens is 2. The predicted octanol–water partition coefficient (Wildman–Crippen LogP) is 2.47. The molecule has 0 saturated heterocycles. The van der Waals surface area contributed by atoms with Crippen molar-refractivity contribution in [3.8, 4) is 17.6 Å². The van der Waals surface area contributed by atoms with Gasteiger partial charge in [0.1, 0.15) is 11.6 Å². The van der Waals surface area contributed by atoms with Gasteiger partial charge in [-0.2, -0.15) is 5.26 Å². The summed E-state index contributed by atoms with van der Waals surface area (Å²) in [5.74, 6) is -1.40. The highest BCUT2D eigenvalue weighted by atomic mass is 19.3. The third-order valence-corrected chi connectivity index (χ3v) is 2.81. The van der Waals surface area contributed by atoms with Gasteiger partial charge in [-0.15, -0.1) is 8.78 Å². The van der Waals surface area contributed by atoms with Gasteiger partial charge in [0.15, 0.2) is 11.5 Å². The summed E-state index contributed by atoms with van der Waals surface area (Å²) in [6.45, 7) is 0. The number of nitrogens with zero attached hydrogens (tertiary/aromatic N) is 2. The second-order valence-electron chi connectivity index (χ2n) is 3.95. The zero-order valence-corrected chi connectivity index (χ0v) is 9.30. The van der Waals surface area contributed by atoms with Crippen LogP contribution in [0.3, 0.4) is 0 Å². The van der Waals surface area contributed by atoms with Crippen LogP contribution in [-0.2, 0) is 0 Å². The van der Waals surface area contributed by atoms with E-state index in [9.17, 15) is 13.9 Å². The molecule has 2 heterocycles. The van der Waals surface area contributed by atoms with Gasteiger partial charge >= 0.3 is 6.29 Å². The molecule has 1 unspecified atom stereocenters. The van der Waals surface area contributed by atoms with E-state index in [2.05, 4.69) is 14.5 Å². The number of aliphatic hydroxyl groups is 1. The van der Waals surface area contributed by atoms with Crippen LogP contribution >= 0.6 is 0 Å². The molecule has 0 aliphatic carbocycles. The average molecular weight is 264 g/mol. The summed E-state index contributed by atoms with van der Waals surface area (Å²) in [7, 11) is 0. The van der Waals surface area contributed by atoms with E-state index >= 15 is 0 Å². The molecule has 1 aromatic carbocycles. The molecule has 3 rings (SSSR count). The lowest BCUT2D eigenvalue weighted by molar-refractivity contribution is -0.286. The van der Waals surface area contributed by atoms with Gasteiger partial charge in [0.2, 0.25) is 5.88 Å². The van der Waals surface area contributed by atoms with Gasteiger partial charge in [-0.3, -0.25) is 0 Å². The summed E-state index contributed by atoms with van der Waals surface area (Å²) < 4.78 is 34.9. The maximum atomic E-state index is 13.1. The van der Waals surface area contributed by atoms with Crippen LogP contribution in [0.2, 0.25) is 0 Å². The van der Waals surface area contributed by atoms with Crippen molar-refractivity contribution in [1.82, 2.24) is 0 Å². The number of hydrogen-bond donors (Lipinski definition) is 1. The summed E-state index contributed by atoms with van der Waals surface area (Å²) >= 11 is 0. The van der Waals surface area contributed by atoms with Crippen LogP contribution < -0.4 is 9.47 Å². The van der Waals surface area contributed by atoms with Gasteiger partial charge in [0.25, 0.3) is 0 Å². The number of rotatable bonds is 1. The van der Waals surface area contributed by atoms with Crippen LogP contribution in [0, 0.1) is 11.3 Å². The van der Waals surface area contributed by atoms with Crippen LogP contribution in [0.5, 0.6) is 11.5 Å². The van der Waals surface area contributed by atoms with Crippen LogP contribution in [-0.4, -0.2) is 17.6 Å². The number of nitriles is 1. The molecule has 0 radical (unpaired) electrons. The molecule has 0 bridgehead atoms. The van der Waals surface area contributed by atoms with E-state index in [0.717, 1.165) is 0 Å². The summed E-state index contributed by atoms with van der Waals surface area (Å²) in [6, 6.07) is 6.14. The van der Waals surface area contributed by atoms with Gasteiger partial charge in [-0.25, -0.2) is 4.99 Å². The third-order valence-electron chi connectivity index (χ3n) is 2.81. The first kappa shape index (κ1) is 11.5. The number of aliphatic imine (C=N–C) groups is 1. The summed E-state index contributed by atoms with van der Waals surface area (Å²) in [4.78, 5) is 3.61. The Morgan fingerprint density at radius 3 is 2.89 bits per heavy atom. The van der Waals surface area contributed by atoms with Crippen LogP contribution in [0.15, 0.2) is 34.6 Å². The van der Waals surface area contributed by atoms with Crippen molar-refractivity contribution < 1.29 is 23.4 Å². The number of para-hydroxylation sites is 1. The van der Waals surface area contributed by atoms with Crippen molar-refractivity contribution >= 4 is 6.21 Å². The molecular formula is C12H6F2N2O3. The molecule has 1 atom stereocenters. The van der Waals surface area contributed by atoms with Crippen molar-refractivity contribution in [1.29, 1.82) is 5.26 Å². The van der Waals surface area contributed by atoms with Crippen LogP contribution in [0.1, 0.15) is 11.5 Å². The molecule has 0 aromatic heterocycles. The number of allylic oxidation sites excluding steroid dienone is 1. The Balaban J connectivity index is 2.09. The van der Waals surface area contributed by atoms with E-state index in [1.807, 2.05) is 0 Å². The first-order chi connectivity index (χ1) is 9.02. The Morgan fingerprint density at radius 2 is 2.16 bits per heavy atom. The first-order valence-corrected chi connectivity index (χ1v) is 5.28. The van der Waals surface area contributed by atoms with E-state index in [-0.39, 0.29) is 17.1 Å². The smallest absolute Gasteiger partial charge is 0.493 e. The highest BCUT2D eigenvalue weighted by molar-refractivity contribution is 5.81. The normalized spacial score (nSPS) is 22.7. The molecule has 1 aromatic rings. The second-order valence-corrected chi connectivity index (χ2v) is 3.95. The van der Waals surface area contributed by atoms with Crippen LogP contribution in [0.4, 0.5) is 8.78 Å². The molecule has 0 saturated carbocycles. The third kappa shape index (κ3) is 1.69. The minimum absolute atomic E-state index is 0.0211. The molecule has 0 fully saturated rings. The minimum atomic E-state index is -3.73. The molecule has 96 valence electrons. The SMILES string of the molecule is N#CC1=C(O)N=CC1c1cccc2c1OC(F)(F)O2. The lowest BCUT2D eigenvalue weighted by Crippen LogP contribution is -2.26. The van der Waals surface area contributed by atoms with Crippen molar-refractivity contribution in [3.05, 3.63) is 35.2 Å². The number of ether oxygens (including phenoxy) is 2. The Bertz CT molecular complexity index is 661. The summed E-state index contributed by atoms with van der Waals surface area (Å²) in [5.41, 5.74) is 0.270. The lowest BCUT2D eigenvalue weighted by Gasteiger charge is -2.10. The van der Waals surface area contributed by atoms with E-state index in [1.165, 1.54) is 24.4 Å². The number of aliphatic hydroxyl groups excluding tert-OH is 1. The van der Waals surface area contributed by atoms with Gasteiger partial charge in [-0.1, -0.05) is 12.1 Å². The van der Waals surface area contributed by atoms with Gasteiger partial charge in [-0.05, 0) is 6.07 Å². The first-order valence-electron chi connectivity index (χ1n) is 5.28. The summed E-state index contributed by atoms with van der Waals surface area (Å²) in [5, 5.41) is 18.4. The van der Waals surface area contributed by atoms with Gasteiger partial charge in [0, 0.05) is 11.8 Å². The van der Waals surface area contributed by atoms with Crippen molar-refractivity contribution in [2.45, 2.75) is 12.2 Å². The maximum absolute atomic E-state index is 13.1. The molecule has 5 nitrogen and oxygen atoms in total. The van der Waals surface area contributed by atoms with E-state index in [1.54, 1.807) is 6.07 Å². The number of alkyl halides is 2. The Kier molecular flexibility index (Phi) is 2.22. The fourth-order valence-electron chi connectivity index (χ4n) is 2.02. The summed E-state index contributed by atoms with van der Waals surface area (Å²) in [6.07, 6.45) is -2.43. The molecule has 2 aliphatic rings. The molecule has 0 amide bonds. The largest absolute Gasteiger partial charge is 0.586 e. The quantitative estimate of drug-likeness (QED) is 0.845. The molecule has 1 N–H and O–H groups in total. The molecule has 19 heavy (non-hydrogen) atoms. The Hall–Kier alpha value is -2.62. The van der Waals surface area contributed by atoms with E-state index in [4.69, 9.17) is 5.26 Å². The van der Waals surface area contributed by atoms with Gasteiger partial charge in [0.05, 0.1) is 5.92 Å². The maximum Gasteiger partial charge on any atom is 0.586 e. The average Bonchev–Trinajstić information content (AvgIpc) is 2.86. The number of fused-ring (bicyclic) bond motifs is 1. The molecule has 7 heteroatoms. The molecular weight excluding hydrogens is 258 g/mol. The zero-order valence-electron chi connectivity index (χ0n) is 9.30. The fraction of sp³-hybridized carbons (Fsp3) is 0.167. The van der Waals surface area contributed by atoms with Crippen molar-refractivity contribution in [3.63, 3.8) is 0 Å². The monoisotopic (exact) mass is 264 g/mol. The minimum Gasteiger partial charge on any atom is -0.493 e. The number of benzene rings is 1. The van der Waals surface area contributed by atoms with Crippen molar-refractivity contribution in [2.24, 2.45) is 4.99 Å². The molecule has 2 aliphatic heterocycles. The topological polar surface area (TPSA) is 74.8 Å². The van der Waals surface area contributed by atoms with Gasteiger partial charge < -0.3 is 14.6 Å². The van der Waals surface area contributed by atoms with E-state index in [0.29, 0.717) is 5.56 Å². The Morgan fingerprint density at radius 1 is 1.37 bits per heavy atom.